The van der Waals surface area contributed by atoms with Gasteiger partial charge in [-0.15, -0.1) is 11.8 Å². The van der Waals surface area contributed by atoms with Crippen LogP contribution in [0.1, 0.15) is 19.3 Å². The molecule has 0 radical (unpaired) electrons. The number of unbranched alkanes of at least 4 members (excludes halogenated alkanes) is 2. The standard InChI is InChI=1S/C11H20N2O6P2S.2Na.2H/c14-20(15,16)11(21(17,18)19)13-8-3-1-5-9-22-10-6-2-4-7-12-10;;;;/h2,4,6-7,11,13H,1,3,5,8-9H2,(H2,14,15,16)(H2,17,18,19);;;;. The predicted molar refractivity (Wildman–Crippen MR) is 99.0 cm³/mol. The second-order valence-corrected chi connectivity index (χ2v) is 9.49. The molecule has 5 N–H and O–H groups in total. The molecule has 0 unspecified atom stereocenters. The van der Waals surface area contributed by atoms with Crippen LogP contribution in [0.4, 0.5) is 0 Å². The third-order valence-corrected chi connectivity index (χ3v) is 7.15. The Bertz CT molecular complexity index is 523. The summed E-state index contributed by atoms with van der Waals surface area (Å²) in [5.74, 6) is 0.859. The van der Waals surface area contributed by atoms with E-state index in [1.165, 1.54) is 0 Å². The summed E-state index contributed by atoms with van der Waals surface area (Å²) in [4.78, 5) is 39.9. The minimum atomic E-state index is -4.89. The number of pyridine rings is 1. The fraction of sp³-hybridized carbons (Fsp3) is 0.545. The average molecular weight is 418 g/mol. The van der Waals surface area contributed by atoms with Crippen molar-refractivity contribution in [2.24, 2.45) is 0 Å². The van der Waals surface area contributed by atoms with Crippen LogP contribution in [0.3, 0.4) is 0 Å². The van der Waals surface area contributed by atoms with Gasteiger partial charge in [0.25, 0.3) is 0 Å². The fourth-order valence-electron chi connectivity index (χ4n) is 1.68. The van der Waals surface area contributed by atoms with Crippen molar-refractivity contribution in [2.45, 2.75) is 29.8 Å². The predicted octanol–water partition coefficient (Wildman–Crippen LogP) is 0.276. The molecule has 1 heterocycles. The van der Waals surface area contributed by atoms with E-state index < -0.39 is 20.7 Å². The SMILES string of the molecule is O=P(O)(O)C(NCCCCCSc1ccccn1)P(=O)(O)O.[NaH].[NaH]. The van der Waals surface area contributed by atoms with Gasteiger partial charge in [-0.25, -0.2) is 4.98 Å². The summed E-state index contributed by atoms with van der Waals surface area (Å²) in [6.07, 6.45) is 3.94. The van der Waals surface area contributed by atoms with Crippen molar-refractivity contribution in [3.63, 3.8) is 0 Å². The molecule has 1 aromatic rings. The van der Waals surface area contributed by atoms with Gasteiger partial charge in [0.05, 0.1) is 5.03 Å². The maximum absolute atomic E-state index is 11.0. The Morgan fingerprint density at radius 1 is 1.04 bits per heavy atom. The Kier molecular flexibility index (Phi) is 16.2. The summed E-state index contributed by atoms with van der Waals surface area (Å²) < 4.78 is 22.1. The number of rotatable bonds is 10. The zero-order valence-corrected chi connectivity index (χ0v) is 14.4. The number of aromatic nitrogens is 1. The van der Waals surface area contributed by atoms with Crippen LogP contribution in [-0.2, 0) is 9.13 Å². The Hall–Kier alpha value is 1.76. The molecule has 1 rings (SSSR count). The van der Waals surface area contributed by atoms with Gasteiger partial charge in [-0.2, -0.15) is 0 Å². The van der Waals surface area contributed by atoms with E-state index in [1.54, 1.807) is 18.0 Å². The van der Waals surface area contributed by atoms with Crippen molar-refractivity contribution >= 4 is 86.1 Å². The Labute approximate surface area is 189 Å². The fourth-order valence-corrected chi connectivity index (χ4v) is 4.85. The summed E-state index contributed by atoms with van der Waals surface area (Å²) in [7, 11) is -9.77. The molecule has 24 heavy (non-hydrogen) atoms. The molecule has 0 aliphatic heterocycles. The van der Waals surface area contributed by atoms with Crippen molar-refractivity contribution < 1.29 is 28.7 Å². The van der Waals surface area contributed by atoms with Gasteiger partial charge in [0.2, 0.25) is 5.52 Å². The monoisotopic (exact) mass is 418 g/mol. The summed E-state index contributed by atoms with van der Waals surface area (Å²) in [6.45, 7) is 0.134. The Balaban J connectivity index is 0. The first kappa shape index (κ1) is 28.0. The molecule has 0 saturated heterocycles. The topological polar surface area (TPSA) is 140 Å². The molecule has 0 spiro atoms. The van der Waals surface area contributed by atoms with Crippen LogP contribution in [-0.4, -0.2) is 101 Å². The molecule has 0 bridgehead atoms. The molecule has 0 atom stereocenters. The van der Waals surface area contributed by atoms with Crippen molar-refractivity contribution in [3.8, 4) is 0 Å². The molecule has 0 amide bonds. The Morgan fingerprint density at radius 3 is 2.17 bits per heavy atom. The van der Waals surface area contributed by atoms with Gasteiger partial charge in [-0.05, 0) is 37.3 Å². The summed E-state index contributed by atoms with van der Waals surface area (Å²) in [5, 5.41) is 3.20. The van der Waals surface area contributed by atoms with Gasteiger partial charge >= 0.3 is 74.3 Å². The van der Waals surface area contributed by atoms with E-state index in [0.29, 0.717) is 6.42 Å². The average Bonchev–Trinajstić information content (AvgIpc) is 2.40. The molecule has 1 aromatic heterocycles. The number of hydrogen-bond donors (Lipinski definition) is 5. The molecule has 8 nitrogen and oxygen atoms in total. The molecule has 0 aliphatic carbocycles. The van der Waals surface area contributed by atoms with Crippen molar-refractivity contribution in [3.05, 3.63) is 24.4 Å². The van der Waals surface area contributed by atoms with E-state index in [2.05, 4.69) is 10.3 Å². The molecule has 0 aromatic carbocycles. The molecule has 0 saturated carbocycles. The van der Waals surface area contributed by atoms with Crippen molar-refractivity contribution in [1.82, 2.24) is 10.3 Å². The van der Waals surface area contributed by atoms with Crippen LogP contribution in [0.2, 0.25) is 0 Å². The van der Waals surface area contributed by atoms with E-state index in [1.807, 2.05) is 18.2 Å². The number of hydrogen-bond acceptors (Lipinski definition) is 5. The zero-order valence-electron chi connectivity index (χ0n) is 11.8. The molecule has 13 heteroatoms. The third kappa shape index (κ3) is 12.2. The van der Waals surface area contributed by atoms with Gasteiger partial charge in [0.15, 0.2) is 0 Å². The maximum atomic E-state index is 11.0. The van der Waals surface area contributed by atoms with E-state index >= 15 is 0 Å². The van der Waals surface area contributed by atoms with E-state index in [9.17, 15) is 9.13 Å². The van der Waals surface area contributed by atoms with Gasteiger partial charge in [-0.3, -0.25) is 14.4 Å². The van der Waals surface area contributed by atoms with Crippen LogP contribution in [0, 0.1) is 0 Å². The summed E-state index contributed by atoms with van der Waals surface area (Å²) in [6, 6.07) is 5.66. The van der Waals surface area contributed by atoms with Crippen molar-refractivity contribution in [1.29, 1.82) is 0 Å². The summed E-state index contributed by atoms with van der Waals surface area (Å²) in [5.41, 5.74) is -2.12. The molecular weight excluding hydrogens is 396 g/mol. The van der Waals surface area contributed by atoms with E-state index in [-0.39, 0.29) is 65.7 Å². The normalized spacial score (nSPS) is 11.7. The van der Waals surface area contributed by atoms with Gasteiger partial charge in [-0.1, -0.05) is 12.5 Å². The number of nitrogens with one attached hydrogen (secondary N) is 1. The number of thioether (sulfide) groups is 1. The van der Waals surface area contributed by atoms with Gasteiger partial charge in [0.1, 0.15) is 0 Å². The molecule has 130 valence electrons. The van der Waals surface area contributed by atoms with Gasteiger partial charge < -0.3 is 19.6 Å². The Morgan fingerprint density at radius 2 is 1.67 bits per heavy atom. The van der Waals surface area contributed by atoms with Crippen LogP contribution < -0.4 is 5.32 Å². The van der Waals surface area contributed by atoms with Gasteiger partial charge in [0, 0.05) is 6.20 Å². The quantitative estimate of drug-likeness (QED) is 0.157. The second-order valence-electron chi connectivity index (χ2n) is 4.58. The van der Waals surface area contributed by atoms with Crippen molar-refractivity contribution in [2.75, 3.05) is 12.3 Å². The van der Waals surface area contributed by atoms with Crippen LogP contribution in [0.25, 0.3) is 0 Å². The number of nitrogens with zero attached hydrogens (tertiary/aromatic N) is 1. The van der Waals surface area contributed by atoms with E-state index in [0.717, 1.165) is 23.6 Å². The minimum absolute atomic E-state index is 0. The van der Waals surface area contributed by atoms with E-state index in [4.69, 9.17) is 19.6 Å². The molecule has 0 fully saturated rings. The molecule has 0 aliphatic rings. The first-order valence-corrected chi connectivity index (χ1v) is 10.9. The van der Waals surface area contributed by atoms with Crippen LogP contribution in [0.5, 0.6) is 0 Å². The first-order valence-electron chi connectivity index (χ1n) is 6.59. The second kappa shape index (κ2) is 13.9. The zero-order chi connectivity index (χ0) is 16.6. The first-order chi connectivity index (χ1) is 10.2. The summed E-state index contributed by atoms with van der Waals surface area (Å²) >= 11 is 1.61. The van der Waals surface area contributed by atoms with Crippen LogP contribution >= 0.6 is 27.0 Å². The molecular formula is C11H22N2Na2O6P2S. The van der Waals surface area contributed by atoms with Crippen LogP contribution in [0.15, 0.2) is 29.4 Å². The third-order valence-electron chi connectivity index (χ3n) is 2.67.